The van der Waals surface area contributed by atoms with Crippen molar-refractivity contribution in [2.75, 3.05) is 6.54 Å². The molecule has 2 nitrogen and oxygen atoms in total. The summed E-state index contributed by atoms with van der Waals surface area (Å²) < 4.78 is 5.63. The molecule has 1 aromatic rings. The van der Waals surface area contributed by atoms with Gasteiger partial charge in [0, 0.05) is 5.56 Å². The highest BCUT2D eigenvalue weighted by Crippen LogP contribution is 2.33. The van der Waals surface area contributed by atoms with E-state index < -0.39 is 0 Å². The molecule has 1 aliphatic rings. The van der Waals surface area contributed by atoms with Crippen LogP contribution in [0.25, 0.3) is 0 Å². The molecule has 13 heavy (non-hydrogen) atoms. The van der Waals surface area contributed by atoms with E-state index in [0.717, 1.165) is 35.1 Å². The van der Waals surface area contributed by atoms with E-state index in [-0.39, 0.29) is 0 Å². The molecular weight excluding hydrogens is 186 g/mol. The van der Waals surface area contributed by atoms with E-state index in [1.807, 2.05) is 13.8 Å². The van der Waals surface area contributed by atoms with Crippen molar-refractivity contribution in [1.29, 1.82) is 0 Å². The summed E-state index contributed by atoms with van der Waals surface area (Å²) in [5.74, 6) is 1.86. The standard InChI is InChI=1S/C10H14ClNO/c1-6-9(11)7(2)13-10(6)8-4-3-5-12-8/h8,12H,3-5H2,1-2H3. The van der Waals surface area contributed by atoms with Gasteiger partial charge in [0.05, 0.1) is 11.1 Å². The molecule has 1 atom stereocenters. The second-order valence-corrected chi connectivity index (χ2v) is 3.99. The maximum Gasteiger partial charge on any atom is 0.125 e. The molecule has 1 unspecified atom stereocenters. The minimum Gasteiger partial charge on any atom is -0.463 e. The van der Waals surface area contributed by atoms with Gasteiger partial charge in [-0.1, -0.05) is 11.6 Å². The molecule has 72 valence electrons. The molecule has 1 N–H and O–H groups in total. The predicted molar refractivity (Wildman–Crippen MR) is 53.2 cm³/mol. The van der Waals surface area contributed by atoms with Crippen LogP contribution >= 0.6 is 11.6 Å². The van der Waals surface area contributed by atoms with Gasteiger partial charge in [-0.15, -0.1) is 0 Å². The molecule has 1 saturated heterocycles. The van der Waals surface area contributed by atoms with Crippen molar-refractivity contribution in [1.82, 2.24) is 5.32 Å². The number of hydrogen-bond donors (Lipinski definition) is 1. The molecule has 0 spiro atoms. The van der Waals surface area contributed by atoms with Crippen molar-refractivity contribution in [3.05, 3.63) is 22.1 Å². The highest BCUT2D eigenvalue weighted by Gasteiger charge is 2.23. The Morgan fingerprint density at radius 2 is 2.23 bits per heavy atom. The quantitative estimate of drug-likeness (QED) is 0.753. The predicted octanol–water partition coefficient (Wildman–Crippen LogP) is 2.97. The first kappa shape index (κ1) is 9.10. The molecule has 1 fully saturated rings. The van der Waals surface area contributed by atoms with Crippen molar-refractivity contribution in [2.45, 2.75) is 32.7 Å². The highest BCUT2D eigenvalue weighted by atomic mass is 35.5. The van der Waals surface area contributed by atoms with Crippen LogP contribution < -0.4 is 5.32 Å². The van der Waals surface area contributed by atoms with E-state index in [1.54, 1.807) is 0 Å². The van der Waals surface area contributed by atoms with Crippen LogP contribution in [0.15, 0.2) is 4.42 Å². The Morgan fingerprint density at radius 1 is 1.46 bits per heavy atom. The van der Waals surface area contributed by atoms with Crippen LogP contribution in [0.5, 0.6) is 0 Å². The number of hydrogen-bond acceptors (Lipinski definition) is 2. The van der Waals surface area contributed by atoms with Crippen molar-refractivity contribution in [3.8, 4) is 0 Å². The minimum absolute atomic E-state index is 0.381. The molecule has 2 heterocycles. The SMILES string of the molecule is Cc1oc(C2CCCN2)c(C)c1Cl. The average molecular weight is 200 g/mol. The number of aryl methyl sites for hydroxylation is 1. The number of halogens is 1. The molecular formula is C10H14ClNO. The molecule has 1 aromatic heterocycles. The third kappa shape index (κ3) is 1.49. The Bertz CT molecular complexity index is 313. The van der Waals surface area contributed by atoms with Gasteiger partial charge in [0.15, 0.2) is 0 Å². The molecule has 0 aliphatic carbocycles. The minimum atomic E-state index is 0.381. The number of rotatable bonds is 1. The topological polar surface area (TPSA) is 25.2 Å². The monoisotopic (exact) mass is 199 g/mol. The zero-order valence-electron chi connectivity index (χ0n) is 7.98. The summed E-state index contributed by atoms with van der Waals surface area (Å²) in [6.07, 6.45) is 2.38. The van der Waals surface area contributed by atoms with Gasteiger partial charge in [-0.25, -0.2) is 0 Å². The summed E-state index contributed by atoms with van der Waals surface area (Å²) in [5, 5.41) is 4.18. The van der Waals surface area contributed by atoms with Crippen LogP contribution in [0.4, 0.5) is 0 Å². The van der Waals surface area contributed by atoms with Gasteiger partial charge in [-0.2, -0.15) is 0 Å². The molecule has 0 aromatic carbocycles. The first-order valence-corrected chi connectivity index (χ1v) is 5.06. The molecule has 1 aliphatic heterocycles. The second-order valence-electron chi connectivity index (χ2n) is 3.61. The van der Waals surface area contributed by atoms with Crippen molar-refractivity contribution in [2.24, 2.45) is 0 Å². The van der Waals surface area contributed by atoms with Crippen LogP contribution in [0, 0.1) is 13.8 Å². The summed E-state index contributed by atoms with van der Waals surface area (Å²) in [6.45, 7) is 5.02. The fraction of sp³-hybridized carbons (Fsp3) is 0.600. The van der Waals surface area contributed by atoms with E-state index in [4.69, 9.17) is 16.0 Å². The number of nitrogens with one attached hydrogen (secondary N) is 1. The van der Waals surface area contributed by atoms with E-state index in [1.165, 1.54) is 6.42 Å². The Kier molecular flexibility index (Phi) is 2.35. The molecule has 2 rings (SSSR count). The Morgan fingerprint density at radius 3 is 2.69 bits per heavy atom. The van der Waals surface area contributed by atoms with Gasteiger partial charge in [0.1, 0.15) is 11.5 Å². The summed E-state index contributed by atoms with van der Waals surface area (Å²) in [7, 11) is 0. The van der Waals surface area contributed by atoms with Crippen molar-refractivity contribution >= 4 is 11.6 Å². The van der Waals surface area contributed by atoms with Gasteiger partial charge in [-0.3, -0.25) is 0 Å². The zero-order valence-corrected chi connectivity index (χ0v) is 8.74. The lowest BCUT2D eigenvalue weighted by molar-refractivity contribution is 0.426. The van der Waals surface area contributed by atoms with Crippen LogP contribution in [0.1, 0.15) is 36.0 Å². The van der Waals surface area contributed by atoms with Crippen LogP contribution in [-0.4, -0.2) is 6.54 Å². The van der Waals surface area contributed by atoms with Gasteiger partial charge in [0.25, 0.3) is 0 Å². The third-order valence-electron chi connectivity index (χ3n) is 2.65. The maximum atomic E-state index is 6.06. The largest absolute Gasteiger partial charge is 0.463 e. The lowest BCUT2D eigenvalue weighted by Crippen LogP contribution is -2.12. The highest BCUT2D eigenvalue weighted by molar-refractivity contribution is 6.32. The molecule has 3 heteroatoms. The van der Waals surface area contributed by atoms with Gasteiger partial charge in [-0.05, 0) is 33.2 Å². The molecule has 0 amide bonds. The molecule has 0 bridgehead atoms. The van der Waals surface area contributed by atoms with E-state index in [2.05, 4.69) is 5.32 Å². The normalized spacial score (nSPS) is 22.5. The lowest BCUT2D eigenvalue weighted by atomic mass is 10.1. The second kappa shape index (κ2) is 3.35. The lowest BCUT2D eigenvalue weighted by Gasteiger charge is -2.07. The Balaban J connectivity index is 2.34. The maximum absolute atomic E-state index is 6.06. The molecule has 0 saturated carbocycles. The van der Waals surface area contributed by atoms with E-state index >= 15 is 0 Å². The van der Waals surface area contributed by atoms with Gasteiger partial charge < -0.3 is 9.73 Å². The van der Waals surface area contributed by atoms with Crippen molar-refractivity contribution in [3.63, 3.8) is 0 Å². The fourth-order valence-electron chi connectivity index (χ4n) is 1.90. The third-order valence-corrected chi connectivity index (χ3v) is 3.20. The van der Waals surface area contributed by atoms with E-state index in [0.29, 0.717) is 6.04 Å². The zero-order chi connectivity index (χ0) is 9.42. The van der Waals surface area contributed by atoms with Gasteiger partial charge in [0.2, 0.25) is 0 Å². The van der Waals surface area contributed by atoms with Crippen LogP contribution in [0.2, 0.25) is 5.02 Å². The Labute approximate surface area is 83.3 Å². The summed E-state index contributed by atoms with van der Waals surface area (Å²) >= 11 is 6.06. The first-order chi connectivity index (χ1) is 6.20. The molecule has 0 radical (unpaired) electrons. The summed E-state index contributed by atoms with van der Waals surface area (Å²) in [5.41, 5.74) is 1.10. The van der Waals surface area contributed by atoms with E-state index in [9.17, 15) is 0 Å². The smallest absolute Gasteiger partial charge is 0.125 e. The number of furan rings is 1. The van der Waals surface area contributed by atoms with Crippen molar-refractivity contribution < 1.29 is 4.42 Å². The van der Waals surface area contributed by atoms with Crippen LogP contribution in [0.3, 0.4) is 0 Å². The first-order valence-electron chi connectivity index (χ1n) is 4.69. The summed E-state index contributed by atoms with van der Waals surface area (Å²) in [4.78, 5) is 0. The van der Waals surface area contributed by atoms with Gasteiger partial charge >= 0.3 is 0 Å². The average Bonchev–Trinajstić information content (AvgIpc) is 2.70. The fourth-order valence-corrected chi connectivity index (χ4v) is 2.03. The Hall–Kier alpha value is -0.470. The summed E-state index contributed by atoms with van der Waals surface area (Å²) in [6, 6.07) is 0.381. The van der Waals surface area contributed by atoms with Crippen LogP contribution in [-0.2, 0) is 0 Å².